The number of carbonyl (C=O) groups excluding carboxylic acids is 2. The molecule has 118 valence electrons. The van der Waals surface area contributed by atoms with E-state index in [1.54, 1.807) is 23.3 Å². The van der Waals surface area contributed by atoms with Gasteiger partial charge >= 0.3 is 0 Å². The van der Waals surface area contributed by atoms with Crippen molar-refractivity contribution in [1.82, 2.24) is 19.6 Å². The molecular formula is C15H20N4O2S. The van der Waals surface area contributed by atoms with Gasteiger partial charge in [0, 0.05) is 49.7 Å². The molecule has 2 amide bonds. The molecule has 22 heavy (non-hydrogen) atoms. The van der Waals surface area contributed by atoms with Crippen LogP contribution in [0.5, 0.6) is 0 Å². The Bertz CT molecular complexity index is 690. The molecule has 2 aromatic heterocycles. The van der Waals surface area contributed by atoms with Crippen molar-refractivity contribution < 1.29 is 9.59 Å². The maximum Gasteiger partial charge on any atom is 0.226 e. The summed E-state index contributed by atoms with van der Waals surface area (Å²) in [6.45, 7) is 4.41. The summed E-state index contributed by atoms with van der Waals surface area (Å²) in [5.41, 5.74) is 0.532. The summed E-state index contributed by atoms with van der Waals surface area (Å²) in [4.78, 5) is 31.3. The van der Waals surface area contributed by atoms with E-state index in [2.05, 4.69) is 10.3 Å². The molecule has 0 aromatic carbocycles. The van der Waals surface area contributed by atoms with E-state index >= 15 is 0 Å². The number of nitrogens with zero attached hydrogens (tertiary/aromatic N) is 3. The van der Waals surface area contributed by atoms with E-state index in [9.17, 15) is 9.59 Å². The number of thiazole rings is 1. The van der Waals surface area contributed by atoms with Crippen molar-refractivity contribution in [3.05, 3.63) is 23.5 Å². The largest absolute Gasteiger partial charge is 0.355 e. The minimum atomic E-state index is -0.432. The van der Waals surface area contributed by atoms with Crippen LogP contribution in [0, 0.1) is 5.92 Å². The average molecular weight is 320 g/mol. The standard InChI is InChI=1S/C15H20N4O2S/c1-15(2)11(8-12(20)18(15)3)13(21)16-5-4-10-9-19-6-7-22-14(19)17-10/h6-7,9,11H,4-5,8H2,1-3H3,(H,16,21)/t11-/m0/s1. The molecule has 1 aliphatic heterocycles. The maximum absolute atomic E-state index is 12.4. The maximum atomic E-state index is 12.4. The number of nitrogens with one attached hydrogen (secondary N) is 1. The van der Waals surface area contributed by atoms with Gasteiger partial charge in [-0.1, -0.05) is 0 Å². The summed E-state index contributed by atoms with van der Waals surface area (Å²) in [6.07, 6.45) is 4.93. The minimum absolute atomic E-state index is 0.0273. The van der Waals surface area contributed by atoms with Crippen LogP contribution in [0.15, 0.2) is 17.8 Å². The Hall–Kier alpha value is -1.89. The summed E-state index contributed by atoms with van der Waals surface area (Å²) in [5, 5.41) is 4.93. The smallest absolute Gasteiger partial charge is 0.226 e. The van der Waals surface area contributed by atoms with Crippen molar-refractivity contribution in [2.75, 3.05) is 13.6 Å². The first-order valence-electron chi connectivity index (χ1n) is 7.35. The lowest BCUT2D eigenvalue weighted by Crippen LogP contribution is -2.47. The van der Waals surface area contributed by atoms with E-state index < -0.39 is 5.54 Å². The molecule has 1 aliphatic rings. The summed E-state index contributed by atoms with van der Waals surface area (Å²) < 4.78 is 1.98. The van der Waals surface area contributed by atoms with E-state index in [-0.39, 0.29) is 24.2 Å². The fraction of sp³-hybridized carbons (Fsp3) is 0.533. The number of amides is 2. The van der Waals surface area contributed by atoms with Crippen molar-refractivity contribution in [1.29, 1.82) is 0 Å². The van der Waals surface area contributed by atoms with Crippen molar-refractivity contribution >= 4 is 28.1 Å². The Kier molecular flexibility index (Phi) is 3.68. The Morgan fingerprint density at radius 2 is 2.32 bits per heavy atom. The second-order valence-electron chi connectivity index (χ2n) is 6.23. The Labute approximate surface area is 133 Å². The third-order valence-electron chi connectivity index (χ3n) is 4.61. The number of hydrogen-bond acceptors (Lipinski definition) is 4. The van der Waals surface area contributed by atoms with E-state index in [4.69, 9.17) is 0 Å². The highest BCUT2D eigenvalue weighted by Gasteiger charge is 2.47. The van der Waals surface area contributed by atoms with Gasteiger partial charge in [0.2, 0.25) is 11.8 Å². The average Bonchev–Trinajstić information content (AvgIpc) is 3.08. The first-order valence-corrected chi connectivity index (χ1v) is 8.23. The molecule has 1 saturated heterocycles. The number of rotatable bonds is 4. The van der Waals surface area contributed by atoms with Crippen LogP contribution in [-0.4, -0.2) is 45.2 Å². The fourth-order valence-corrected chi connectivity index (χ4v) is 3.58. The zero-order chi connectivity index (χ0) is 15.9. The van der Waals surface area contributed by atoms with Gasteiger partial charge in [-0.2, -0.15) is 0 Å². The van der Waals surface area contributed by atoms with Crippen LogP contribution in [0.3, 0.4) is 0 Å². The molecule has 1 fully saturated rings. The summed E-state index contributed by atoms with van der Waals surface area (Å²) in [5.74, 6) is -0.321. The molecule has 0 bridgehead atoms. The van der Waals surface area contributed by atoms with Crippen LogP contribution in [0.1, 0.15) is 26.0 Å². The monoisotopic (exact) mass is 320 g/mol. The van der Waals surface area contributed by atoms with Gasteiger partial charge in [-0.05, 0) is 13.8 Å². The summed E-state index contributed by atoms with van der Waals surface area (Å²) in [6, 6.07) is 0. The number of likely N-dealkylation sites (tertiary alicyclic amines) is 1. The van der Waals surface area contributed by atoms with Gasteiger partial charge in [-0.3, -0.25) is 14.0 Å². The van der Waals surface area contributed by atoms with Gasteiger partial charge in [0.05, 0.1) is 11.6 Å². The van der Waals surface area contributed by atoms with Crippen LogP contribution < -0.4 is 5.32 Å². The molecule has 0 unspecified atom stereocenters. The van der Waals surface area contributed by atoms with Gasteiger partial charge < -0.3 is 10.2 Å². The van der Waals surface area contributed by atoms with Gasteiger partial charge in [0.1, 0.15) is 0 Å². The molecule has 7 heteroatoms. The molecule has 0 aliphatic carbocycles. The topological polar surface area (TPSA) is 66.7 Å². The highest BCUT2D eigenvalue weighted by Crippen LogP contribution is 2.34. The lowest BCUT2D eigenvalue weighted by atomic mass is 9.88. The Morgan fingerprint density at radius 3 is 2.95 bits per heavy atom. The Balaban J connectivity index is 1.56. The molecule has 3 rings (SSSR count). The van der Waals surface area contributed by atoms with Crippen LogP contribution in [0.25, 0.3) is 4.96 Å². The molecule has 1 N–H and O–H groups in total. The lowest BCUT2D eigenvalue weighted by Gasteiger charge is -2.32. The summed E-state index contributed by atoms with van der Waals surface area (Å²) in [7, 11) is 1.76. The van der Waals surface area contributed by atoms with Crippen LogP contribution >= 0.6 is 11.3 Å². The predicted molar refractivity (Wildman–Crippen MR) is 84.7 cm³/mol. The van der Waals surface area contributed by atoms with E-state index in [1.807, 2.05) is 36.0 Å². The highest BCUT2D eigenvalue weighted by molar-refractivity contribution is 7.15. The van der Waals surface area contributed by atoms with Gasteiger partial charge in [0.25, 0.3) is 0 Å². The van der Waals surface area contributed by atoms with Gasteiger partial charge in [-0.15, -0.1) is 11.3 Å². The lowest BCUT2D eigenvalue weighted by molar-refractivity contribution is -0.128. The second kappa shape index (κ2) is 5.39. The van der Waals surface area contributed by atoms with Crippen molar-refractivity contribution in [2.45, 2.75) is 32.2 Å². The van der Waals surface area contributed by atoms with Gasteiger partial charge in [0.15, 0.2) is 4.96 Å². The number of aromatic nitrogens is 2. The fourth-order valence-electron chi connectivity index (χ4n) is 2.86. The zero-order valence-electron chi connectivity index (χ0n) is 13.0. The number of fused-ring (bicyclic) bond motifs is 1. The van der Waals surface area contributed by atoms with Gasteiger partial charge in [-0.25, -0.2) is 4.98 Å². The summed E-state index contributed by atoms with van der Waals surface area (Å²) >= 11 is 1.59. The van der Waals surface area contributed by atoms with Crippen molar-refractivity contribution in [2.24, 2.45) is 5.92 Å². The normalized spacial score (nSPS) is 20.8. The SMILES string of the molecule is CN1C(=O)C[C@@H](C(=O)NCCc2cn3ccsc3n2)C1(C)C. The zero-order valence-corrected chi connectivity index (χ0v) is 13.8. The third kappa shape index (κ3) is 2.49. The Morgan fingerprint density at radius 1 is 1.55 bits per heavy atom. The number of hydrogen-bond donors (Lipinski definition) is 1. The first kappa shape index (κ1) is 15.0. The van der Waals surface area contributed by atoms with Crippen LogP contribution in [0.2, 0.25) is 0 Å². The van der Waals surface area contributed by atoms with Crippen molar-refractivity contribution in [3.8, 4) is 0 Å². The van der Waals surface area contributed by atoms with E-state index in [0.29, 0.717) is 13.0 Å². The molecule has 0 radical (unpaired) electrons. The van der Waals surface area contributed by atoms with E-state index in [0.717, 1.165) is 10.7 Å². The molecule has 6 nitrogen and oxygen atoms in total. The molecule has 3 heterocycles. The molecule has 1 atom stereocenters. The van der Waals surface area contributed by atoms with E-state index in [1.165, 1.54) is 0 Å². The molecule has 0 spiro atoms. The molecular weight excluding hydrogens is 300 g/mol. The number of imidazole rings is 1. The van der Waals surface area contributed by atoms with Crippen LogP contribution in [-0.2, 0) is 16.0 Å². The minimum Gasteiger partial charge on any atom is -0.355 e. The molecule has 0 saturated carbocycles. The first-order chi connectivity index (χ1) is 10.4. The van der Waals surface area contributed by atoms with Crippen LogP contribution in [0.4, 0.5) is 0 Å². The quantitative estimate of drug-likeness (QED) is 0.924. The second-order valence-corrected chi connectivity index (χ2v) is 7.10. The highest BCUT2D eigenvalue weighted by atomic mass is 32.1. The number of carbonyl (C=O) groups is 2. The third-order valence-corrected chi connectivity index (χ3v) is 5.38. The predicted octanol–water partition coefficient (Wildman–Crippen LogP) is 1.31. The van der Waals surface area contributed by atoms with Crippen molar-refractivity contribution in [3.63, 3.8) is 0 Å². The molecule has 2 aromatic rings.